The summed E-state index contributed by atoms with van der Waals surface area (Å²) >= 11 is 6.27. The highest BCUT2D eigenvalue weighted by atomic mass is 35.5. The van der Waals surface area contributed by atoms with Gasteiger partial charge >= 0.3 is 0 Å². The molecule has 0 bridgehead atoms. The van der Waals surface area contributed by atoms with E-state index in [2.05, 4.69) is 0 Å². The van der Waals surface area contributed by atoms with Crippen LogP contribution in [-0.4, -0.2) is 16.8 Å². The Kier molecular flexibility index (Phi) is 4.45. The van der Waals surface area contributed by atoms with E-state index in [-0.39, 0.29) is 11.3 Å². The average molecular weight is 434 g/mol. The second-order valence-corrected chi connectivity index (χ2v) is 7.62. The van der Waals surface area contributed by atoms with Gasteiger partial charge in [-0.15, -0.1) is 0 Å². The molecule has 1 unspecified atom stereocenters. The first-order valence-corrected chi connectivity index (χ1v) is 9.93. The third kappa shape index (κ3) is 2.95. The maximum absolute atomic E-state index is 13.4. The Hall–Kier alpha value is -3.77. The molecule has 1 amide bonds. The highest BCUT2D eigenvalue weighted by Crippen LogP contribution is 2.44. The maximum atomic E-state index is 13.4. The number of anilines is 1. The number of furan rings is 2. The van der Waals surface area contributed by atoms with Gasteiger partial charge in [0.2, 0.25) is 5.78 Å². The summed E-state index contributed by atoms with van der Waals surface area (Å²) in [4.78, 5) is 27.9. The zero-order valence-electron chi connectivity index (χ0n) is 16.3. The molecule has 4 aromatic rings. The number of fused-ring (bicyclic) bond motifs is 1. The molecule has 6 nitrogen and oxygen atoms in total. The van der Waals surface area contributed by atoms with Gasteiger partial charge in [-0.1, -0.05) is 35.9 Å². The van der Waals surface area contributed by atoms with Gasteiger partial charge in [0.15, 0.2) is 11.5 Å². The molecular formula is C24H16ClNO5. The van der Waals surface area contributed by atoms with Gasteiger partial charge in [-0.25, -0.2) is 0 Å². The van der Waals surface area contributed by atoms with Crippen LogP contribution >= 0.6 is 11.6 Å². The van der Waals surface area contributed by atoms with E-state index >= 15 is 0 Å². The van der Waals surface area contributed by atoms with Crippen molar-refractivity contribution in [3.05, 3.63) is 100 Å². The Labute approximate surface area is 181 Å². The summed E-state index contributed by atoms with van der Waals surface area (Å²) in [6.07, 6.45) is 1.45. The molecule has 0 fully saturated rings. The number of carbonyl (C=O) groups is 2. The smallest absolute Gasteiger partial charge is 0.294 e. The van der Waals surface area contributed by atoms with Crippen molar-refractivity contribution in [1.29, 1.82) is 0 Å². The summed E-state index contributed by atoms with van der Waals surface area (Å²) in [6.45, 7) is 1.76. The normalized spacial score (nSPS) is 16.5. The van der Waals surface area contributed by atoms with Gasteiger partial charge in [0, 0.05) is 16.1 Å². The first kappa shape index (κ1) is 19.2. The van der Waals surface area contributed by atoms with Crippen LogP contribution in [0.1, 0.15) is 27.9 Å². The Morgan fingerprint density at radius 2 is 1.90 bits per heavy atom. The number of aliphatic hydroxyl groups is 1. The standard InChI is InChI=1S/C24H16ClNO5/c1-13-15(25)7-4-8-16(13)26-21(18-10-5-11-30-18)20(23(28)24(26)29)22(27)19-12-14-6-2-3-9-17(14)31-19/h2-12,21,28H,1H3. The molecular weight excluding hydrogens is 418 g/mol. The predicted molar refractivity (Wildman–Crippen MR) is 115 cm³/mol. The Morgan fingerprint density at radius 1 is 1.10 bits per heavy atom. The Balaban J connectivity index is 1.67. The number of amides is 1. The van der Waals surface area contributed by atoms with Gasteiger partial charge in [0.1, 0.15) is 17.4 Å². The lowest BCUT2D eigenvalue weighted by Gasteiger charge is -2.26. The van der Waals surface area contributed by atoms with Crippen molar-refractivity contribution in [1.82, 2.24) is 0 Å². The number of hydrogen-bond acceptors (Lipinski definition) is 5. The lowest BCUT2D eigenvalue weighted by Crippen LogP contribution is -2.31. The van der Waals surface area contributed by atoms with Gasteiger partial charge < -0.3 is 13.9 Å². The lowest BCUT2D eigenvalue weighted by atomic mass is 9.99. The summed E-state index contributed by atoms with van der Waals surface area (Å²) in [5.74, 6) is -1.60. The number of aliphatic hydroxyl groups excluding tert-OH is 1. The summed E-state index contributed by atoms with van der Waals surface area (Å²) in [7, 11) is 0. The molecule has 31 heavy (non-hydrogen) atoms. The van der Waals surface area contributed by atoms with E-state index in [0.717, 1.165) is 5.39 Å². The van der Waals surface area contributed by atoms with Crippen LogP contribution in [0.15, 0.2) is 87.1 Å². The third-order valence-electron chi connectivity index (χ3n) is 5.41. The van der Waals surface area contributed by atoms with Crippen LogP contribution in [-0.2, 0) is 4.79 Å². The minimum Gasteiger partial charge on any atom is -0.503 e. The van der Waals surface area contributed by atoms with E-state index in [0.29, 0.717) is 27.6 Å². The second kappa shape index (κ2) is 7.18. The van der Waals surface area contributed by atoms with Gasteiger partial charge in [-0.05, 0) is 48.9 Å². The van der Waals surface area contributed by atoms with Crippen LogP contribution < -0.4 is 4.90 Å². The SMILES string of the molecule is Cc1c(Cl)cccc1N1C(=O)C(O)=C(C(=O)c2cc3ccccc3o2)C1c1ccco1. The van der Waals surface area contributed by atoms with Crippen LogP contribution in [0, 0.1) is 6.92 Å². The molecule has 3 heterocycles. The molecule has 1 N–H and O–H groups in total. The van der Waals surface area contributed by atoms with Gasteiger partial charge in [0.25, 0.3) is 5.91 Å². The molecule has 7 heteroatoms. The fourth-order valence-corrected chi connectivity index (χ4v) is 4.05. The van der Waals surface area contributed by atoms with Crippen molar-refractivity contribution < 1.29 is 23.5 Å². The minimum atomic E-state index is -0.972. The summed E-state index contributed by atoms with van der Waals surface area (Å²) < 4.78 is 11.3. The van der Waals surface area contributed by atoms with Crippen molar-refractivity contribution in [3.8, 4) is 0 Å². The molecule has 1 aliphatic rings. The molecule has 5 rings (SSSR count). The minimum absolute atomic E-state index is 0.0248. The topological polar surface area (TPSA) is 83.9 Å². The number of ketones is 1. The first-order valence-electron chi connectivity index (χ1n) is 9.56. The van der Waals surface area contributed by atoms with E-state index in [1.54, 1.807) is 55.5 Å². The van der Waals surface area contributed by atoms with Gasteiger partial charge in [-0.3, -0.25) is 14.5 Å². The molecule has 1 aliphatic heterocycles. The fourth-order valence-electron chi connectivity index (χ4n) is 3.89. The monoisotopic (exact) mass is 433 g/mol. The molecule has 0 saturated heterocycles. The summed E-state index contributed by atoms with van der Waals surface area (Å²) in [5, 5.41) is 12.0. The number of Topliss-reactive ketones (excluding diaryl/α,β-unsaturated/α-hetero) is 1. The Morgan fingerprint density at radius 3 is 2.65 bits per heavy atom. The molecule has 154 valence electrons. The molecule has 0 radical (unpaired) electrons. The maximum Gasteiger partial charge on any atom is 0.294 e. The highest BCUT2D eigenvalue weighted by molar-refractivity contribution is 6.32. The number of benzene rings is 2. The number of nitrogens with zero attached hydrogens (tertiary/aromatic N) is 1. The van der Waals surface area contributed by atoms with E-state index in [9.17, 15) is 14.7 Å². The van der Waals surface area contributed by atoms with Crippen LogP contribution in [0.25, 0.3) is 11.0 Å². The number of carbonyl (C=O) groups excluding carboxylic acids is 2. The first-order chi connectivity index (χ1) is 15.0. The molecule has 0 aliphatic carbocycles. The summed E-state index contributed by atoms with van der Waals surface area (Å²) in [5.41, 5.74) is 1.53. The van der Waals surface area contributed by atoms with Crippen molar-refractivity contribution in [2.45, 2.75) is 13.0 Å². The average Bonchev–Trinajstić information content (AvgIpc) is 3.49. The number of halogens is 1. The van der Waals surface area contributed by atoms with Crippen molar-refractivity contribution in [3.63, 3.8) is 0 Å². The predicted octanol–water partition coefficient (Wildman–Crippen LogP) is 5.77. The number of para-hydroxylation sites is 1. The van der Waals surface area contributed by atoms with E-state index in [1.165, 1.54) is 11.2 Å². The van der Waals surface area contributed by atoms with Gasteiger partial charge in [0.05, 0.1) is 11.8 Å². The highest BCUT2D eigenvalue weighted by Gasteiger charge is 2.47. The van der Waals surface area contributed by atoms with Gasteiger partial charge in [-0.2, -0.15) is 0 Å². The van der Waals surface area contributed by atoms with Crippen molar-refractivity contribution >= 4 is 39.9 Å². The van der Waals surface area contributed by atoms with E-state index in [4.69, 9.17) is 20.4 Å². The molecule has 2 aromatic carbocycles. The lowest BCUT2D eigenvalue weighted by molar-refractivity contribution is -0.117. The third-order valence-corrected chi connectivity index (χ3v) is 5.82. The summed E-state index contributed by atoms with van der Waals surface area (Å²) in [6, 6.07) is 16.2. The number of rotatable bonds is 4. The molecule has 0 spiro atoms. The fraction of sp³-hybridized carbons (Fsp3) is 0.0833. The zero-order chi connectivity index (χ0) is 21.7. The van der Waals surface area contributed by atoms with Crippen LogP contribution in [0.5, 0.6) is 0 Å². The molecule has 2 aromatic heterocycles. The van der Waals surface area contributed by atoms with Crippen LogP contribution in [0.3, 0.4) is 0 Å². The second-order valence-electron chi connectivity index (χ2n) is 7.22. The quantitative estimate of drug-likeness (QED) is 0.413. The molecule has 1 atom stereocenters. The molecule has 0 saturated carbocycles. The van der Waals surface area contributed by atoms with Crippen LogP contribution in [0.2, 0.25) is 5.02 Å². The number of hydrogen-bond donors (Lipinski definition) is 1. The largest absolute Gasteiger partial charge is 0.503 e. The van der Waals surface area contributed by atoms with E-state index in [1.807, 2.05) is 12.1 Å². The van der Waals surface area contributed by atoms with E-state index < -0.39 is 23.5 Å². The Bertz CT molecular complexity index is 1330. The zero-order valence-corrected chi connectivity index (χ0v) is 17.1. The van der Waals surface area contributed by atoms with Crippen LogP contribution in [0.4, 0.5) is 5.69 Å². The van der Waals surface area contributed by atoms with Crippen molar-refractivity contribution in [2.75, 3.05) is 4.90 Å². The van der Waals surface area contributed by atoms with Crippen molar-refractivity contribution in [2.24, 2.45) is 0 Å².